The fourth-order valence-corrected chi connectivity index (χ4v) is 2.79. The summed E-state index contributed by atoms with van der Waals surface area (Å²) in [4.78, 5) is 4.69. The largest absolute Gasteiger partial charge is 0.437 e. The monoisotopic (exact) mass is 350 g/mol. The first-order chi connectivity index (χ1) is 9.38. The SMILES string of the molecule is Cc1ccc(Oc2nc(C)cc(C)c2C(N)=S)c(Br)c1. The van der Waals surface area contributed by atoms with Gasteiger partial charge in [0.1, 0.15) is 10.7 Å². The fourth-order valence-electron chi connectivity index (χ4n) is 1.97. The molecule has 0 atom stereocenters. The molecule has 1 heterocycles. The minimum Gasteiger partial charge on any atom is -0.437 e. The van der Waals surface area contributed by atoms with Crippen LogP contribution in [0.1, 0.15) is 22.4 Å². The number of hydrogen-bond donors (Lipinski definition) is 1. The van der Waals surface area contributed by atoms with Gasteiger partial charge < -0.3 is 10.5 Å². The summed E-state index contributed by atoms with van der Waals surface area (Å²) in [5.74, 6) is 1.13. The first-order valence-corrected chi connectivity index (χ1v) is 7.30. The highest BCUT2D eigenvalue weighted by Gasteiger charge is 2.14. The number of aryl methyl sites for hydroxylation is 3. The van der Waals surface area contributed by atoms with Crippen molar-refractivity contribution >= 4 is 33.1 Å². The standard InChI is InChI=1S/C15H15BrN2OS/c1-8-4-5-12(11(16)6-8)19-15-13(14(17)20)9(2)7-10(3)18-15/h4-7H,1-3H3,(H2,17,20). The third-order valence-corrected chi connectivity index (χ3v) is 3.68. The Bertz CT molecular complexity index is 686. The van der Waals surface area contributed by atoms with Gasteiger partial charge in [0.25, 0.3) is 0 Å². The van der Waals surface area contributed by atoms with E-state index < -0.39 is 0 Å². The minimum atomic E-state index is 0.285. The molecular formula is C15H15BrN2OS. The zero-order valence-corrected chi connectivity index (χ0v) is 13.9. The average molecular weight is 351 g/mol. The molecule has 0 spiro atoms. The smallest absolute Gasteiger partial charge is 0.230 e. The van der Waals surface area contributed by atoms with Gasteiger partial charge in [0.15, 0.2) is 0 Å². The van der Waals surface area contributed by atoms with E-state index in [0.717, 1.165) is 21.3 Å². The Hall–Kier alpha value is -1.46. The molecule has 0 unspecified atom stereocenters. The molecule has 0 bridgehead atoms. The summed E-state index contributed by atoms with van der Waals surface area (Å²) in [5.41, 5.74) is 9.43. The summed E-state index contributed by atoms with van der Waals surface area (Å²) in [6, 6.07) is 7.79. The number of aromatic nitrogens is 1. The maximum atomic E-state index is 5.89. The van der Waals surface area contributed by atoms with Crippen LogP contribution in [-0.2, 0) is 0 Å². The van der Waals surface area contributed by atoms with Gasteiger partial charge in [-0.3, -0.25) is 0 Å². The number of rotatable bonds is 3. The number of benzene rings is 1. The van der Waals surface area contributed by atoms with Crippen molar-refractivity contribution in [3.8, 4) is 11.6 Å². The van der Waals surface area contributed by atoms with Crippen LogP contribution in [0.3, 0.4) is 0 Å². The van der Waals surface area contributed by atoms with E-state index in [4.69, 9.17) is 22.7 Å². The number of nitrogens with zero attached hydrogens (tertiary/aromatic N) is 1. The van der Waals surface area contributed by atoms with Gasteiger partial charge in [-0.2, -0.15) is 0 Å². The Balaban J connectivity index is 2.50. The molecule has 2 N–H and O–H groups in total. The predicted octanol–water partition coefficient (Wildman–Crippen LogP) is 4.20. The van der Waals surface area contributed by atoms with Crippen LogP contribution in [0, 0.1) is 20.8 Å². The van der Waals surface area contributed by atoms with Crippen molar-refractivity contribution in [2.45, 2.75) is 20.8 Å². The van der Waals surface area contributed by atoms with Crippen LogP contribution in [-0.4, -0.2) is 9.97 Å². The molecule has 0 aliphatic carbocycles. The number of ether oxygens (including phenoxy) is 1. The maximum Gasteiger partial charge on any atom is 0.230 e. The van der Waals surface area contributed by atoms with Crippen LogP contribution in [0.25, 0.3) is 0 Å². The Labute approximate surface area is 132 Å². The quantitative estimate of drug-likeness (QED) is 0.842. The number of halogens is 1. The average Bonchev–Trinajstić information content (AvgIpc) is 2.31. The van der Waals surface area contributed by atoms with Crippen molar-refractivity contribution in [1.29, 1.82) is 0 Å². The van der Waals surface area contributed by atoms with Crippen molar-refractivity contribution in [3.05, 3.63) is 51.1 Å². The van der Waals surface area contributed by atoms with E-state index in [1.54, 1.807) is 0 Å². The molecule has 1 aromatic carbocycles. The minimum absolute atomic E-state index is 0.285. The zero-order valence-electron chi connectivity index (χ0n) is 11.5. The van der Waals surface area contributed by atoms with Gasteiger partial charge in [-0.15, -0.1) is 0 Å². The lowest BCUT2D eigenvalue weighted by molar-refractivity contribution is 0.457. The Morgan fingerprint density at radius 1 is 1.25 bits per heavy atom. The highest BCUT2D eigenvalue weighted by Crippen LogP contribution is 2.32. The van der Waals surface area contributed by atoms with E-state index in [1.165, 1.54) is 0 Å². The topological polar surface area (TPSA) is 48.1 Å². The molecule has 0 saturated carbocycles. The van der Waals surface area contributed by atoms with Crippen LogP contribution >= 0.6 is 28.1 Å². The van der Waals surface area contributed by atoms with E-state index in [0.29, 0.717) is 17.2 Å². The van der Waals surface area contributed by atoms with Crippen molar-refractivity contribution in [2.24, 2.45) is 5.73 Å². The van der Waals surface area contributed by atoms with Gasteiger partial charge in [0, 0.05) is 5.69 Å². The molecular weight excluding hydrogens is 336 g/mol. The highest BCUT2D eigenvalue weighted by atomic mass is 79.9. The molecule has 2 aromatic rings. The van der Waals surface area contributed by atoms with E-state index >= 15 is 0 Å². The molecule has 0 aliphatic heterocycles. The maximum absolute atomic E-state index is 5.89. The zero-order chi connectivity index (χ0) is 14.9. The summed E-state index contributed by atoms with van der Waals surface area (Å²) in [5, 5.41) is 0. The molecule has 5 heteroatoms. The number of nitrogens with two attached hydrogens (primary N) is 1. The third-order valence-electron chi connectivity index (χ3n) is 2.85. The van der Waals surface area contributed by atoms with Crippen LogP contribution in [0.4, 0.5) is 0 Å². The second-order valence-electron chi connectivity index (χ2n) is 4.66. The van der Waals surface area contributed by atoms with Crippen molar-refractivity contribution < 1.29 is 4.74 Å². The molecule has 0 radical (unpaired) electrons. The molecule has 0 saturated heterocycles. The van der Waals surface area contributed by atoms with Gasteiger partial charge in [-0.05, 0) is 66.0 Å². The molecule has 0 fully saturated rings. The van der Waals surface area contributed by atoms with Crippen LogP contribution in [0.15, 0.2) is 28.7 Å². The van der Waals surface area contributed by atoms with E-state index in [2.05, 4.69) is 20.9 Å². The molecule has 2 rings (SSSR count). The van der Waals surface area contributed by atoms with E-state index in [9.17, 15) is 0 Å². The van der Waals surface area contributed by atoms with Crippen LogP contribution in [0.2, 0.25) is 0 Å². The van der Waals surface area contributed by atoms with Crippen LogP contribution < -0.4 is 10.5 Å². The number of hydrogen-bond acceptors (Lipinski definition) is 3. The number of thiocarbonyl (C=S) groups is 1. The molecule has 104 valence electrons. The first-order valence-electron chi connectivity index (χ1n) is 6.10. The Morgan fingerprint density at radius 3 is 2.55 bits per heavy atom. The summed E-state index contributed by atoms with van der Waals surface area (Å²) in [6.45, 7) is 5.87. The second kappa shape index (κ2) is 5.89. The third kappa shape index (κ3) is 3.16. The lowest BCUT2D eigenvalue weighted by atomic mass is 10.1. The van der Waals surface area contributed by atoms with E-state index in [1.807, 2.05) is 45.0 Å². The summed E-state index contributed by atoms with van der Waals surface area (Å²) < 4.78 is 6.76. The summed E-state index contributed by atoms with van der Waals surface area (Å²) >= 11 is 8.58. The Morgan fingerprint density at radius 2 is 1.95 bits per heavy atom. The summed E-state index contributed by atoms with van der Waals surface area (Å²) in [7, 11) is 0. The molecule has 0 amide bonds. The van der Waals surface area contributed by atoms with Gasteiger partial charge in [0.05, 0.1) is 10.0 Å². The van der Waals surface area contributed by atoms with Gasteiger partial charge in [-0.1, -0.05) is 18.3 Å². The van der Waals surface area contributed by atoms with Crippen molar-refractivity contribution in [3.63, 3.8) is 0 Å². The van der Waals surface area contributed by atoms with Gasteiger partial charge in [0.2, 0.25) is 5.88 Å². The van der Waals surface area contributed by atoms with Gasteiger partial charge in [-0.25, -0.2) is 4.98 Å². The van der Waals surface area contributed by atoms with Crippen molar-refractivity contribution in [1.82, 2.24) is 4.98 Å². The van der Waals surface area contributed by atoms with Gasteiger partial charge >= 0.3 is 0 Å². The predicted molar refractivity (Wildman–Crippen MR) is 88.6 cm³/mol. The molecule has 1 aromatic heterocycles. The van der Waals surface area contributed by atoms with E-state index in [-0.39, 0.29) is 4.99 Å². The van der Waals surface area contributed by atoms with Crippen LogP contribution in [0.5, 0.6) is 11.6 Å². The lowest BCUT2D eigenvalue weighted by Crippen LogP contribution is -2.14. The second-order valence-corrected chi connectivity index (χ2v) is 5.96. The summed E-state index contributed by atoms with van der Waals surface area (Å²) in [6.07, 6.45) is 0. The Kier molecular flexibility index (Phi) is 4.40. The molecule has 3 nitrogen and oxygen atoms in total. The molecule has 0 aliphatic rings. The number of pyridine rings is 1. The lowest BCUT2D eigenvalue weighted by Gasteiger charge is -2.13. The fraction of sp³-hybridized carbons (Fsp3) is 0.200. The normalized spacial score (nSPS) is 10.4. The van der Waals surface area contributed by atoms with Crippen molar-refractivity contribution in [2.75, 3.05) is 0 Å². The first kappa shape index (κ1) is 14.9. The molecule has 20 heavy (non-hydrogen) atoms. The highest BCUT2D eigenvalue weighted by molar-refractivity contribution is 9.10.